The molecular weight excluding hydrogens is 200 g/mol. The zero-order valence-corrected chi connectivity index (χ0v) is 10.3. The number of ether oxygens (including phenoxy) is 1. The quantitative estimate of drug-likeness (QED) is 0.845. The number of benzene rings is 1. The molecule has 0 bridgehead atoms. The number of aliphatic hydroxyl groups excluding tert-OH is 1. The van der Waals surface area contributed by atoms with E-state index in [9.17, 15) is 5.11 Å². The fourth-order valence-electron chi connectivity index (χ4n) is 2.16. The Bertz CT molecular complexity index is 378. The summed E-state index contributed by atoms with van der Waals surface area (Å²) >= 11 is 0. The van der Waals surface area contributed by atoms with Crippen LogP contribution in [0, 0.1) is 0 Å². The molecule has 1 fully saturated rings. The van der Waals surface area contributed by atoms with Crippen LogP contribution in [0.25, 0.3) is 0 Å². The maximum Gasteiger partial charge on any atom is 0.122 e. The summed E-state index contributed by atoms with van der Waals surface area (Å²) in [7, 11) is 1.70. The maximum atomic E-state index is 9.50. The molecule has 88 valence electrons. The Morgan fingerprint density at radius 3 is 2.50 bits per heavy atom. The van der Waals surface area contributed by atoms with Gasteiger partial charge >= 0.3 is 0 Å². The topological polar surface area (TPSA) is 29.5 Å². The highest BCUT2D eigenvalue weighted by molar-refractivity contribution is 5.46. The molecule has 1 aliphatic carbocycles. The summed E-state index contributed by atoms with van der Waals surface area (Å²) in [5, 5.41) is 9.50. The van der Waals surface area contributed by atoms with Gasteiger partial charge in [-0.1, -0.05) is 26.0 Å². The van der Waals surface area contributed by atoms with Crippen molar-refractivity contribution < 1.29 is 9.84 Å². The first-order valence-corrected chi connectivity index (χ1v) is 5.92. The molecule has 1 aromatic rings. The monoisotopic (exact) mass is 220 g/mol. The molecule has 1 saturated carbocycles. The Morgan fingerprint density at radius 1 is 1.38 bits per heavy atom. The Hall–Kier alpha value is -1.02. The van der Waals surface area contributed by atoms with Crippen LogP contribution in [-0.4, -0.2) is 18.8 Å². The molecule has 0 saturated heterocycles. The van der Waals surface area contributed by atoms with E-state index in [0.29, 0.717) is 5.92 Å². The van der Waals surface area contributed by atoms with E-state index in [2.05, 4.69) is 26.0 Å². The smallest absolute Gasteiger partial charge is 0.122 e. The van der Waals surface area contributed by atoms with Crippen LogP contribution in [0.5, 0.6) is 5.75 Å². The lowest BCUT2D eigenvalue weighted by Crippen LogP contribution is -2.14. The number of aliphatic hydroxyl groups is 1. The second-order valence-electron chi connectivity index (χ2n) is 5.05. The molecule has 2 heteroatoms. The molecule has 0 spiro atoms. The van der Waals surface area contributed by atoms with Crippen LogP contribution in [-0.2, 0) is 5.41 Å². The Kier molecular flexibility index (Phi) is 2.94. The minimum atomic E-state index is -0.0176. The van der Waals surface area contributed by atoms with Gasteiger partial charge < -0.3 is 9.84 Å². The molecule has 1 N–H and O–H groups in total. The van der Waals surface area contributed by atoms with Gasteiger partial charge in [-0.15, -0.1) is 0 Å². The van der Waals surface area contributed by atoms with Gasteiger partial charge in [0.2, 0.25) is 0 Å². The van der Waals surface area contributed by atoms with E-state index in [0.717, 1.165) is 18.6 Å². The third-order valence-corrected chi connectivity index (χ3v) is 3.62. The van der Waals surface area contributed by atoms with Crippen molar-refractivity contribution in [3.05, 3.63) is 29.3 Å². The third-order valence-electron chi connectivity index (χ3n) is 3.62. The summed E-state index contributed by atoms with van der Waals surface area (Å²) in [6, 6.07) is 6.34. The van der Waals surface area contributed by atoms with Gasteiger partial charge in [-0.3, -0.25) is 0 Å². The lowest BCUT2D eigenvalue weighted by atomic mass is 9.91. The molecule has 0 aliphatic heterocycles. The van der Waals surface area contributed by atoms with Gasteiger partial charge in [0.1, 0.15) is 5.75 Å². The molecule has 0 amide bonds. The van der Waals surface area contributed by atoms with Gasteiger partial charge in [-0.2, -0.15) is 0 Å². The predicted octanol–water partition coefficient (Wildman–Crippen LogP) is 2.84. The molecule has 1 aliphatic rings. The van der Waals surface area contributed by atoms with E-state index >= 15 is 0 Å². The number of rotatable bonds is 4. The zero-order chi connectivity index (χ0) is 11.8. The Balaban J connectivity index is 2.44. The fourth-order valence-corrected chi connectivity index (χ4v) is 2.16. The highest BCUT2D eigenvalue weighted by atomic mass is 16.5. The first-order chi connectivity index (χ1) is 7.63. The van der Waals surface area contributed by atoms with E-state index in [1.54, 1.807) is 7.11 Å². The summed E-state index contributed by atoms with van der Waals surface area (Å²) in [5.41, 5.74) is 2.48. The van der Waals surface area contributed by atoms with Gasteiger partial charge in [0.25, 0.3) is 0 Å². The van der Waals surface area contributed by atoms with Crippen LogP contribution >= 0.6 is 0 Å². The van der Waals surface area contributed by atoms with Crippen LogP contribution in [0.1, 0.15) is 43.7 Å². The lowest BCUT2D eigenvalue weighted by molar-refractivity contribution is 0.251. The summed E-state index contributed by atoms with van der Waals surface area (Å²) in [4.78, 5) is 0. The van der Waals surface area contributed by atoms with Crippen molar-refractivity contribution in [1.82, 2.24) is 0 Å². The van der Waals surface area contributed by atoms with E-state index in [1.165, 1.54) is 11.1 Å². The minimum Gasteiger partial charge on any atom is -0.496 e. The van der Waals surface area contributed by atoms with Gasteiger partial charge in [-0.05, 0) is 30.4 Å². The minimum absolute atomic E-state index is 0.0176. The van der Waals surface area contributed by atoms with E-state index in [1.807, 2.05) is 6.07 Å². The van der Waals surface area contributed by atoms with Crippen LogP contribution < -0.4 is 4.74 Å². The van der Waals surface area contributed by atoms with Gasteiger partial charge in [0, 0.05) is 11.0 Å². The molecule has 0 atom stereocenters. The van der Waals surface area contributed by atoms with Crippen molar-refractivity contribution in [3.8, 4) is 5.75 Å². The summed E-state index contributed by atoms with van der Waals surface area (Å²) in [6.45, 7) is 4.60. The van der Waals surface area contributed by atoms with Crippen molar-refractivity contribution in [2.75, 3.05) is 13.7 Å². The van der Waals surface area contributed by atoms with Crippen LogP contribution in [0.3, 0.4) is 0 Å². The summed E-state index contributed by atoms with van der Waals surface area (Å²) in [6.07, 6.45) is 2.14. The molecule has 2 nitrogen and oxygen atoms in total. The van der Waals surface area contributed by atoms with Crippen molar-refractivity contribution >= 4 is 0 Å². The van der Waals surface area contributed by atoms with Crippen molar-refractivity contribution in [3.63, 3.8) is 0 Å². The van der Waals surface area contributed by atoms with Crippen LogP contribution in [0.4, 0.5) is 0 Å². The fraction of sp³-hybridized carbons (Fsp3) is 0.571. The second kappa shape index (κ2) is 4.10. The van der Waals surface area contributed by atoms with Gasteiger partial charge in [0.15, 0.2) is 0 Å². The molecule has 1 aromatic carbocycles. The van der Waals surface area contributed by atoms with Crippen molar-refractivity contribution in [2.45, 2.75) is 38.0 Å². The van der Waals surface area contributed by atoms with Gasteiger partial charge in [-0.25, -0.2) is 0 Å². The molecule has 16 heavy (non-hydrogen) atoms. The zero-order valence-electron chi connectivity index (χ0n) is 10.3. The normalized spacial score (nSPS) is 17.6. The molecule has 0 heterocycles. The lowest BCUT2D eigenvalue weighted by Gasteiger charge is -2.18. The summed E-state index contributed by atoms with van der Waals surface area (Å²) < 4.78 is 5.40. The van der Waals surface area contributed by atoms with Crippen LogP contribution in [0.2, 0.25) is 0 Å². The van der Waals surface area contributed by atoms with Crippen molar-refractivity contribution in [2.24, 2.45) is 0 Å². The average Bonchev–Trinajstić information content (AvgIpc) is 3.09. The van der Waals surface area contributed by atoms with E-state index in [-0.39, 0.29) is 12.0 Å². The first kappa shape index (κ1) is 11.5. The molecule has 0 aromatic heterocycles. The SMILES string of the molecule is COc1ccc(C(C)C)cc1C1(CO)CC1. The average molecular weight is 220 g/mol. The molecule has 0 radical (unpaired) electrons. The standard InChI is InChI=1S/C14H20O2/c1-10(2)11-4-5-13(16-3)12(8-11)14(9-15)6-7-14/h4-5,8,10,15H,6-7,9H2,1-3H3. The summed E-state index contributed by atoms with van der Waals surface area (Å²) in [5.74, 6) is 1.43. The molecule has 2 rings (SSSR count). The second-order valence-corrected chi connectivity index (χ2v) is 5.05. The molecular formula is C14H20O2. The highest BCUT2D eigenvalue weighted by Crippen LogP contribution is 2.51. The van der Waals surface area contributed by atoms with E-state index in [4.69, 9.17) is 4.74 Å². The highest BCUT2D eigenvalue weighted by Gasteiger charge is 2.45. The van der Waals surface area contributed by atoms with Crippen molar-refractivity contribution in [1.29, 1.82) is 0 Å². The number of hydrogen-bond acceptors (Lipinski definition) is 2. The number of methoxy groups -OCH3 is 1. The maximum absolute atomic E-state index is 9.50. The van der Waals surface area contributed by atoms with Gasteiger partial charge in [0.05, 0.1) is 13.7 Å². The third kappa shape index (κ3) is 1.82. The first-order valence-electron chi connectivity index (χ1n) is 5.92. The van der Waals surface area contributed by atoms with E-state index < -0.39 is 0 Å². The largest absolute Gasteiger partial charge is 0.496 e. The Morgan fingerprint density at radius 2 is 2.06 bits per heavy atom. The molecule has 0 unspecified atom stereocenters. The predicted molar refractivity (Wildman–Crippen MR) is 65.1 cm³/mol. The Labute approximate surface area is 97.3 Å². The van der Waals surface area contributed by atoms with Crippen LogP contribution in [0.15, 0.2) is 18.2 Å². The number of hydrogen-bond donors (Lipinski definition) is 1.